The minimum atomic E-state index is -0.448. The summed E-state index contributed by atoms with van der Waals surface area (Å²) in [4.78, 5) is 3.69. The lowest BCUT2D eigenvalue weighted by Crippen LogP contribution is -2.28. The summed E-state index contributed by atoms with van der Waals surface area (Å²) in [6, 6.07) is 39.6. The predicted molar refractivity (Wildman–Crippen MR) is 153 cm³/mol. The van der Waals surface area contributed by atoms with Gasteiger partial charge in [-0.2, -0.15) is 0 Å². The first-order valence-corrected chi connectivity index (χ1v) is 12.4. The summed E-state index contributed by atoms with van der Waals surface area (Å²) in [6.07, 6.45) is 3.93. The molecule has 1 aliphatic carbocycles. The first kappa shape index (κ1) is 20.7. The van der Waals surface area contributed by atoms with Gasteiger partial charge in [-0.3, -0.25) is 0 Å². The normalized spacial score (nSPS) is 13.4. The average molecular weight is 460 g/mol. The zero-order valence-corrected chi connectivity index (χ0v) is 20.0. The van der Waals surface area contributed by atoms with E-state index < -0.39 is 5.41 Å². The number of fused-ring (bicyclic) bond motifs is 6. The van der Waals surface area contributed by atoms with Gasteiger partial charge < -0.3 is 4.98 Å². The molecule has 1 aromatic heterocycles. The van der Waals surface area contributed by atoms with E-state index in [2.05, 4.69) is 127 Å². The van der Waals surface area contributed by atoms with Crippen LogP contribution in [0.1, 0.15) is 33.4 Å². The lowest BCUT2D eigenvalue weighted by atomic mass is 9.67. The number of H-pyrrole nitrogens is 1. The van der Waals surface area contributed by atoms with E-state index in [9.17, 15) is 0 Å². The van der Waals surface area contributed by atoms with Crippen LogP contribution >= 0.6 is 0 Å². The number of aromatic nitrogens is 1. The van der Waals surface area contributed by atoms with Gasteiger partial charge in [-0.15, -0.1) is 0 Å². The third-order valence-corrected chi connectivity index (χ3v) is 7.84. The fourth-order valence-electron chi connectivity index (χ4n) is 6.36. The molecule has 5 aromatic carbocycles. The van der Waals surface area contributed by atoms with Crippen LogP contribution in [0, 0.1) is 0 Å². The van der Waals surface area contributed by atoms with Crippen LogP contribution in [0.3, 0.4) is 0 Å². The molecule has 0 bridgehead atoms. The van der Waals surface area contributed by atoms with Crippen LogP contribution in [-0.2, 0) is 5.41 Å². The van der Waals surface area contributed by atoms with Gasteiger partial charge in [0.1, 0.15) is 0 Å². The van der Waals surface area contributed by atoms with Gasteiger partial charge in [0.15, 0.2) is 0 Å². The van der Waals surface area contributed by atoms with E-state index in [1.54, 1.807) is 0 Å². The van der Waals surface area contributed by atoms with Crippen molar-refractivity contribution in [3.63, 3.8) is 0 Å². The van der Waals surface area contributed by atoms with Crippen molar-refractivity contribution in [1.82, 2.24) is 4.98 Å². The van der Waals surface area contributed by atoms with Crippen molar-refractivity contribution in [3.05, 3.63) is 156 Å². The third kappa shape index (κ3) is 2.60. The van der Waals surface area contributed by atoms with Crippen molar-refractivity contribution in [2.75, 3.05) is 0 Å². The summed E-state index contributed by atoms with van der Waals surface area (Å²) in [7, 11) is 0. The molecular weight excluding hydrogens is 434 g/mol. The van der Waals surface area contributed by atoms with Crippen LogP contribution in [0.4, 0.5) is 0 Å². The number of hydrogen-bond donors (Lipinski definition) is 1. The molecule has 0 amide bonds. The van der Waals surface area contributed by atoms with E-state index in [4.69, 9.17) is 0 Å². The highest BCUT2D eigenvalue weighted by molar-refractivity contribution is 6.10. The molecular formula is C35H25N. The van der Waals surface area contributed by atoms with Crippen molar-refractivity contribution in [2.45, 2.75) is 5.41 Å². The minimum Gasteiger partial charge on any atom is -0.355 e. The second-order valence-corrected chi connectivity index (χ2v) is 9.50. The Morgan fingerprint density at radius 1 is 0.583 bits per heavy atom. The summed E-state index contributed by atoms with van der Waals surface area (Å²) < 4.78 is 0. The van der Waals surface area contributed by atoms with Crippen LogP contribution in [0.5, 0.6) is 0 Å². The first-order valence-electron chi connectivity index (χ1n) is 12.4. The highest BCUT2D eigenvalue weighted by Crippen LogP contribution is 2.58. The second-order valence-electron chi connectivity index (χ2n) is 9.50. The molecule has 36 heavy (non-hydrogen) atoms. The lowest BCUT2D eigenvalue weighted by molar-refractivity contribution is 0.769. The van der Waals surface area contributed by atoms with Crippen molar-refractivity contribution in [1.29, 1.82) is 0 Å². The molecule has 1 heteroatoms. The van der Waals surface area contributed by atoms with E-state index in [-0.39, 0.29) is 0 Å². The predicted octanol–water partition coefficient (Wildman–Crippen LogP) is 8.97. The average Bonchev–Trinajstić information content (AvgIpc) is 3.45. The van der Waals surface area contributed by atoms with Crippen LogP contribution in [0.25, 0.3) is 45.1 Å². The van der Waals surface area contributed by atoms with Gasteiger partial charge in [-0.1, -0.05) is 116 Å². The molecule has 7 rings (SSSR count). The Labute approximate surface area is 211 Å². The highest BCUT2D eigenvalue weighted by atomic mass is 14.7. The van der Waals surface area contributed by atoms with Crippen LogP contribution in [-0.4, -0.2) is 4.98 Å². The Bertz CT molecular complexity index is 1760. The molecule has 0 saturated carbocycles. The standard InChI is InChI=1S/C35H25N/c1-3-23-19-20-30-34(26(23)4-2)29-21-28-27-17-11-12-18-32(27)36-33(28)22-31(29)35(30,24-13-7-5-8-14-24)25-15-9-6-10-16-25/h3-22,36H,1-2H2. The molecule has 170 valence electrons. The maximum atomic E-state index is 4.23. The Balaban J connectivity index is 1.73. The van der Waals surface area contributed by atoms with Crippen LogP contribution in [0.2, 0.25) is 0 Å². The van der Waals surface area contributed by atoms with Gasteiger partial charge in [-0.05, 0) is 62.7 Å². The van der Waals surface area contributed by atoms with Gasteiger partial charge in [0, 0.05) is 21.8 Å². The van der Waals surface area contributed by atoms with E-state index >= 15 is 0 Å². The Morgan fingerprint density at radius 3 is 1.92 bits per heavy atom. The molecule has 1 heterocycles. The van der Waals surface area contributed by atoms with Crippen molar-refractivity contribution >= 4 is 34.0 Å². The Morgan fingerprint density at radius 2 is 1.25 bits per heavy atom. The van der Waals surface area contributed by atoms with E-state index in [1.165, 1.54) is 44.2 Å². The molecule has 0 atom stereocenters. The molecule has 0 radical (unpaired) electrons. The topological polar surface area (TPSA) is 15.8 Å². The van der Waals surface area contributed by atoms with Gasteiger partial charge in [-0.25, -0.2) is 0 Å². The van der Waals surface area contributed by atoms with Gasteiger partial charge >= 0.3 is 0 Å². The Hall–Kier alpha value is -4.62. The monoisotopic (exact) mass is 459 g/mol. The highest BCUT2D eigenvalue weighted by Gasteiger charge is 2.47. The van der Waals surface area contributed by atoms with Crippen LogP contribution < -0.4 is 0 Å². The number of rotatable bonds is 4. The largest absolute Gasteiger partial charge is 0.355 e. The SMILES string of the molecule is C=Cc1ccc2c(c1C=C)-c1cc3c(cc1C2(c1ccccc1)c1ccccc1)[nH]c1ccccc13. The molecule has 1 N–H and O–H groups in total. The molecule has 0 fully saturated rings. The van der Waals surface area contributed by atoms with Gasteiger partial charge in [0.25, 0.3) is 0 Å². The van der Waals surface area contributed by atoms with Crippen molar-refractivity contribution in [3.8, 4) is 11.1 Å². The maximum Gasteiger partial charge on any atom is 0.0714 e. The molecule has 6 aromatic rings. The zero-order valence-electron chi connectivity index (χ0n) is 20.0. The summed E-state index contributed by atoms with van der Waals surface area (Å²) in [5, 5.41) is 2.49. The summed E-state index contributed by atoms with van der Waals surface area (Å²) in [5.41, 5.74) is 11.7. The van der Waals surface area contributed by atoms with E-state index in [0.717, 1.165) is 22.2 Å². The molecule has 0 unspecified atom stereocenters. The lowest BCUT2D eigenvalue weighted by Gasteiger charge is -2.34. The number of aromatic amines is 1. The van der Waals surface area contributed by atoms with Crippen molar-refractivity contribution < 1.29 is 0 Å². The fourth-order valence-corrected chi connectivity index (χ4v) is 6.36. The zero-order chi connectivity index (χ0) is 24.3. The Kier molecular flexibility index (Phi) is 4.43. The minimum absolute atomic E-state index is 0.448. The maximum absolute atomic E-state index is 4.23. The quantitative estimate of drug-likeness (QED) is 0.270. The smallest absolute Gasteiger partial charge is 0.0714 e. The first-order chi connectivity index (χ1) is 17.8. The van der Waals surface area contributed by atoms with Crippen LogP contribution in [0.15, 0.2) is 122 Å². The van der Waals surface area contributed by atoms with Gasteiger partial charge in [0.05, 0.1) is 5.41 Å². The summed E-state index contributed by atoms with van der Waals surface area (Å²) in [6.45, 7) is 8.34. The van der Waals surface area contributed by atoms with Gasteiger partial charge in [0.2, 0.25) is 0 Å². The van der Waals surface area contributed by atoms with E-state index in [1.807, 2.05) is 12.2 Å². The fraction of sp³-hybridized carbons (Fsp3) is 0.0286. The molecule has 1 aliphatic rings. The van der Waals surface area contributed by atoms with Crippen molar-refractivity contribution in [2.24, 2.45) is 0 Å². The van der Waals surface area contributed by atoms with E-state index in [0.29, 0.717) is 0 Å². The summed E-state index contributed by atoms with van der Waals surface area (Å²) in [5.74, 6) is 0. The number of para-hydroxylation sites is 1. The molecule has 0 spiro atoms. The molecule has 0 aliphatic heterocycles. The number of hydrogen-bond acceptors (Lipinski definition) is 0. The number of nitrogens with one attached hydrogen (secondary N) is 1. The molecule has 1 nitrogen and oxygen atoms in total. The number of benzene rings is 5. The third-order valence-electron chi connectivity index (χ3n) is 7.84. The second kappa shape index (κ2) is 7.69. The summed E-state index contributed by atoms with van der Waals surface area (Å²) >= 11 is 0. The molecule has 0 saturated heterocycles.